The molecular formula is C27H37BN4O7. The van der Waals surface area contributed by atoms with Crippen molar-refractivity contribution < 1.29 is 33.5 Å². The second-order valence-electron chi connectivity index (χ2n) is 11.9. The SMILES string of the molecule is CC(C)[C@H](NC(=O)O)C(=O)N1CC2(C[C@H]1c1ncc(-c3ccc(B4OC(C)(C)C(C)(C)O4)cc3)[nH]1)OCCO2. The average molecular weight is 540 g/mol. The molecule has 3 N–H and O–H groups in total. The highest BCUT2D eigenvalue weighted by atomic mass is 16.7. The minimum absolute atomic E-state index is 0.194. The third-order valence-corrected chi connectivity index (χ3v) is 8.26. The van der Waals surface area contributed by atoms with E-state index in [1.165, 1.54) is 0 Å². The van der Waals surface area contributed by atoms with Gasteiger partial charge in [0.05, 0.1) is 48.9 Å². The zero-order valence-corrected chi connectivity index (χ0v) is 23.3. The number of carbonyl (C=O) groups excluding carboxylic acids is 1. The van der Waals surface area contributed by atoms with Gasteiger partial charge in [-0.25, -0.2) is 9.78 Å². The van der Waals surface area contributed by atoms with Crippen molar-refractivity contribution in [2.24, 2.45) is 5.92 Å². The number of H-pyrrole nitrogens is 1. The molecule has 1 spiro atoms. The molecule has 12 heteroatoms. The molecule has 1 aromatic heterocycles. The molecule has 3 fully saturated rings. The Hall–Kier alpha value is -2.93. The number of rotatable bonds is 6. The molecule has 0 radical (unpaired) electrons. The van der Waals surface area contributed by atoms with Crippen LogP contribution in [0.15, 0.2) is 30.5 Å². The highest BCUT2D eigenvalue weighted by Gasteiger charge is 2.53. The van der Waals surface area contributed by atoms with Crippen LogP contribution in [0.1, 0.15) is 59.8 Å². The molecule has 210 valence electrons. The van der Waals surface area contributed by atoms with Crippen LogP contribution in [0, 0.1) is 5.92 Å². The zero-order valence-electron chi connectivity index (χ0n) is 23.3. The number of hydrogen-bond acceptors (Lipinski definition) is 7. The van der Waals surface area contributed by atoms with Gasteiger partial charge in [0.25, 0.3) is 0 Å². The molecule has 0 aliphatic carbocycles. The lowest BCUT2D eigenvalue weighted by Crippen LogP contribution is -2.51. The molecule has 0 bridgehead atoms. The summed E-state index contributed by atoms with van der Waals surface area (Å²) >= 11 is 0. The molecule has 0 saturated carbocycles. The van der Waals surface area contributed by atoms with Gasteiger partial charge in [0.15, 0.2) is 5.79 Å². The van der Waals surface area contributed by atoms with Crippen LogP contribution < -0.4 is 10.8 Å². The van der Waals surface area contributed by atoms with E-state index in [1.54, 1.807) is 24.9 Å². The van der Waals surface area contributed by atoms with Gasteiger partial charge in [0.2, 0.25) is 5.91 Å². The second-order valence-corrected chi connectivity index (χ2v) is 11.9. The summed E-state index contributed by atoms with van der Waals surface area (Å²) in [4.78, 5) is 34.6. The predicted molar refractivity (Wildman–Crippen MR) is 143 cm³/mol. The maximum absolute atomic E-state index is 13.6. The van der Waals surface area contributed by atoms with Crippen molar-refractivity contribution in [3.63, 3.8) is 0 Å². The van der Waals surface area contributed by atoms with E-state index < -0.39 is 42.3 Å². The summed E-state index contributed by atoms with van der Waals surface area (Å²) in [7, 11) is -0.449. The fourth-order valence-corrected chi connectivity index (χ4v) is 5.30. The van der Waals surface area contributed by atoms with Crippen molar-refractivity contribution in [2.45, 2.75) is 77.0 Å². The Morgan fingerprint density at radius 1 is 1.10 bits per heavy atom. The van der Waals surface area contributed by atoms with E-state index in [0.717, 1.165) is 16.7 Å². The van der Waals surface area contributed by atoms with Crippen LogP contribution in [0.5, 0.6) is 0 Å². The number of likely N-dealkylation sites (tertiary alicyclic amines) is 1. The van der Waals surface area contributed by atoms with Gasteiger partial charge in [-0.1, -0.05) is 38.1 Å². The minimum atomic E-state index is -1.25. The fourth-order valence-electron chi connectivity index (χ4n) is 5.30. The van der Waals surface area contributed by atoms with Gasteiger partial charge in [0, 0.05) is 6.42 Å². The number of carboxylic acid groups (broad SMARTS) is 1. The van der Waals surface area contributed by atoms with Crippen LogP contribution in [0.25, 0.3) is 11.3 Å². The van der Waals surface area contributed by atoms with E-state index in [-0.39, 0.29) is 18.4 Å². The van der Waals surface area contributed by atoms with Crippen LogP contribution in [0.2, 0.25) is 0 Å². The van der Waals surface area contributed by atoms with Gasteiger partial charge >= 0.3 is 13.2 Å². The van der Waals surface area contributed by atoms with Crippen molar-refractivity contribution in [1.29, 1.82) is 0 Å². The third-order valence-electron chi connectivity index (χ3n) is 8.26. The summed E-state index contributed by atoms with van der Waals surface area (Å²) in [6.07, 6.45) is 0.883. The molecule has 2 atom stereocenters. The molecule has 5 rings (SSSR count). The lowest BCUT2D eigenvalue weighted by Gasteiger charge is -2.32. The maximum Gasteiger partial charge on any atom is 0.494 e. The molecule has 4 heterocycles. The van der Waals surface area contributed by atoms with Gasteiger partial charge in [-0.05, 0) is 44.6 Å². The zero-order chi connectivity index (χ0) is 28.2. The third kappa shape index (κ3) is 5.18. The quantitative estimate of drug-likeness (QED) is 0.476. The first kappa shape index (κ1) is 27.6. The van der Waals surface area contributed by atoms with E-state index in [9.17, 15) is 14.7 Å². The Morgan fingerprint density at radius 3 is 2.28 bits per heavy atom. The van der Waals surface area contributed by atoms with E-state index >= 15 is 0 Å². The molecule has 11 nitrogen and oxygen atoms in total. The molecule has 3 aliphatic rings. The van der Waals surface area contributed by atoms with Gasteiger partial charge in [-0.15, -0.1) is 0 Å². The number of aromatic nitrogens is 2. The van der Waals surface area contributed by atoms with Crippen molar-refractivity contribution in [3.05, 3.63) is 36.3 Å². The minimum Gasteiger partial charge on any atom is -0.465 e. The van der Waals surface area contributed by atoms with E-state index in [1.807, 2.05) is 52.0 Å². The predicted octanol–water partition coefficient (Wildman–Crippen LogP) is 2.68. The van der Waals surface area contributed by atoms with Gasteiger partial charge < -0.3 is 39.1 Å². The number of carbonyl (C=O) groups is 2. The van der Waals surface area contributed by atoms with Crippen LogP contribution in [-0.2, 0) is 23.6 Å². The first-order chi connectivity index (χ1) is 18.3. The topological polar surface area (TPSA) is 135 Å². The normalized spacial score (nSPS) is 24.0. The van der Waals surface area contributed by atoms with E-state index in [4.69, 9.17) is 18.8 Å². The first-order valence-electron chi connectivity index (χ1n) is 13.4. The Morgan fingerprint density at radius 2 is 1.72 bits per heavy atom. The monoisotopic (exact) mass is 540 g/mol. The van der Waals surface area contributed by atoms with E-state index in [2.05, 4.69) is 15.3 Å². The molecule has 2 amide bonds. The summed E-state index contributed by atoms with van der Waals surface area (Å²) in [6, 6.07) is 6.53. The summed E-state index contributed by atoms with van der Waals surface area (Å²) in [5.74, 6) is -0.922. The Bertz CT molecular complexity index is 1210. The van der Waals surface area contributed by atoms with Gasteiger partial charge in [-0.2, -0.15) is 0 Å². The highest BCUT2D eigenvalue weighted by Crippen LogP contribution is 2.42. The molecule has 3 saturated heterocycles. The van der Waals surface area contributed by atoms with Crippen LogP contribution >= 0.6 is 0 Å². The number of nitrogens with zero attached hydrogens (tertiary/aromatic N) is 2. The van der Waals surface area contributed by atoms with E-state index in [0.29, 0.717) is 25.5 Å². The number of ether oxygens (including phenoxy) is 2. The Labute approximate surface area is 228 Å². The van der Waals surface area contributed by atoms with Gasteiger partial charge in [-0.3, -0.25) is 4.79 Å². The lowest BCUT2D eigenvalue weighted by molar-refractivity contribution is -0.153. The molecule has 39 heavy (non-hydrogen) atoms. The molecule has 0 unspecified atom stereocenters. The van der Waals surface area contributed by atoms with Crippen molar-refractivity contribution in [3.8, 4) is 11.3 Å². The van der Waals surface area contributed by atoms with Crippen LogP contribution in [0.4, 0.5) is 4.79 Å². The number of imidazole rings is 1. The summed E-state index contributed by atoms with van der Waals surface area (Å²) < 4.78 is 24.2. The smallest absolute Gasteiger partial charge is 0.465 e. The second kappa shape index (κ2) is 9.92. The number of hydrogen-bond donors (Lipinski definition) is 3. The van der Waals surface area contributed by atoms with Crippen molar-refractivity contribution in [1.82, 2.24) is 20.2 Å². The first-order valence-corrected chi connectivity index (χ1v) is 13.4. The molecule has 3 aliphatic heterocycles. The standard InChI is InChI=1S/C27H37BN4O7/c1-16(2)21(31-24(34)35)23(33)32-15-27(36-11-12-37-27)13-20(32)22-29-14-19(30-22)17-7-9-18(10-8-17)28-38-25(3,4)26(5,6)39-28/h7-10,14,16,20-21,31H,11-13,15H2,1-6H3,(H,29,30)(H,34,35)/t20-,21-/m0/s1. The fraction of sp³-hybridized carbons (Fsp3) is 0.593. The van der Waals surface area contributed by atoms with Gasteiger partial charge in [0.1, 0.15) is 11.9 Å². The summed E-state index contributed by atoms with van der Waals surface area (Å²) in [5, 5.41) is 11.7. The largest absolute Gasteiger partial charge is 0.494 e. The van der Waals surface area contributed by atoms with Crippen molar-refractivity contribution >= 4 is 24.6 Å². The molecular weight excluding hydrogens is 503 g/mol. The number of nitrogens with one attached hydrogen (secondary N) is 2. The maximum atomic E-state index is 13.6. The molecule has 2 aromatic rings. The lowest BCUT2D eigenvalue weighted by atomic mass is 9.79. The van der Waals surface area contributed by atoms with Crippen LogP contribution in [-0.4, -0.2) is 81.9 Å². The Balaban J connectivity index is 1.37. The average Bonchev–Trinajstić information content (AvgIpc) is 3.64. The number of benzene rings is 1. The van der Waals surface area contributed by atoms with Crippen molar-refractivity contribution in [2.75, 3.05) is 19.8 Å². The molecule has 1 aromatic carbocycles. The summed E-state index contributed by atoms with van der Waals surface area (Å²) in [5.41, 5.74) is 1.79. The van der Waals surface area contributed by atoms with Crippen LogP contribution in [0.3, 0.4) is 0 Å². The highest BCUT2D eigenvalue weighted by molar-refractivity contribution is 6.62. The number of amides is 2. The Kier molecular flexibility index (Phi) is 7.03. The number of aromatic amines is 1. The summed E-state index contributed by atoms with van der Waals surface area (Å²) in [6.45, 7) is 12.8.